The molecule has 0 fully saturated rings. The number of phosphoric acid groups is 2. The van der Waals surface area contributed by atoms with Crippen LogP contribution in [0, 0.1) is 11.8 Å². The van der Waals surface area contributed by atoms with Gasteiger partial charge in [0, 0.05) is 25.7 Å². The van der Waals surface area contributed by atoms with Crippen LogP contribution in [0.1, 0.15) is 433 Å². The second kappa shape index (κ2) is 76.9. The minimum absolute atomic E-state index is 0.0847. The maximum absolute atomic E-state index is 13.1. The molecule has 0 aliphatic rings. The van der Waals surface area contributed by atoms with Crippen LogP contribution in [0.2, 0.25) is 0 Å². The van der Waals surface area contributed by atoms with Gasteiger partial charge in [0.25, 0.3) is 0 Å². The Morgan fingerprint density at radius 3 is 0.781 bits per heavy atom. The van der Waals surface area contributed by atoms with Crippen LogP contribution in [-0.2, 0) is 65.4 Å². The molecule has 0 saturated carbocycles. The average Bonchev–Trinajstić information content (AvgIpc) is 0.935. The molecule has 0 aromatic carbocycles. The summed E-state index contributed by atoms with van der Waals surface area (Å²) in [6.45, 7) is 9.58. The first-order valence-corrected chi connectivity index (χ1v) is 46.8. The molecular weight excluding hydrogens is 1370 g/mol. The van der Waals surface area contributed by atoms with Gasteiger partial charge in [-0.05, 0) is 63.2 Å². The Morgan fingerprint density at radius 2 is 0.514 bits per heavy atom. The Kier molecular flexibility index (Phi) is 75.1. The molecule has 5 atom stereocenters. The third kappa shape index (κ3) is 79.4. The largest absolute Gasteiger partial charge is 0.472 e. The van der Waals surface area contributed by atoms with E-state index in [1.54, 1.807) is 0 Å². The highest BCUT2D eigenvalue weighted by Gasteiger charge is 2.30. The number of ether oxygens (including phenoxy) is 4. The number of unbranched alkanes of at least 4 members (excludes halogenated alkanes) is 50. The van der Waals surface area contributed by atoms with Gasteiger partial charge in [0.2, 0.25) is 0 Å². The third-order valence-corrected chi connectivity index (χ3v) is 21.5. The number of hydrogen-bond donors (Lipinski definition) is 3. The van der Waals surface area contributed by atoms with Gasteiger partial charge in [-0.15, -0.1) is 0 Å². The molecule has 2 unspecified atom stereocenters. The van der Waals surface area contributed by atoms with Gasteiger partial charge >= 0.3 is 39.5 Å². The predicted octanol–water partition coefficient (Wildman–Crippen LogP) is 25.8. The Bertz CT molecular complexity index is 2110. The molecule has 0 aliphatic carbocycles. The second-order valence-corrected chi connectivity index (χ2v) is 34.1. The van der Waals surface area contributed by atoms with Gasteiger partial charge in [0.05, 0.1) is 26.4 Å². The topological polar surface area (TPSA) is 237 Å². The van der Waals surface area contributed by atoms with E-state index in [0.29, 0.717) is 25.7 Å². The van der Waals surface area contributed by atoms with Gasteiger partial charge in [-0.2, -0.15) is 0 Å². The van der Waals surface area contributed by atoms with E-state index < -0.39 is 97.5 Å². The van der Waals surface area contributed by atoms with Crippen LogP contribution in [-0.4, -0.2) is 96.7 Å². The fourth-order valence-electron chi connectivity index (χ4n) is 12.9. The molecule has 0 rings (SSSR count). The summed E-state index contributed by atoms with van der Waals surface area (Å²) in [4.78, 5) is 73.2. The number of esters is 4. The zero-order valence-corrected chi connectivity index (χ0v) is 70.3. The predicted molar refractivity (Wildman–Crippen MR) is 432 cm³/mol. The van der Waals surface area contributed by atoms with E-state index >= 15 is 0 Å². The van der Waals surface area contributed by atoms with Crippen LogP contribution in [0.5, 0.6) is 0 Å². The second-order valence-electron chi connectivity index (χ2n) is 31.2. The molecular formula is C86H164O17P2. The lowest BCUT2D eigenvalue weighted by molar-refractivity contribution is -0.161. The average molecular weight is 1530 g/mol. The van der Waals surface area contributed by atoms with Crippen molar-refractivity contribution >= 4 is 39.5 Å². The van der Waals surface area contributed by atoms with Crippen LogP contribution in [0.3, 0.4) is 0 Å². The van der Waals surface area contributed by atoms with E-state index in [1.807, 2.05) is 0 Å². The fourth-order valence-corrected chi connectivity index (χ4v) is 14.5. The molecule has 105 heavy (non-hydrogen) atoms. The van der Waals surface area contributed by atoms with Gasteiger partial charge in [0.1, 0.15) is 19.3 Å². The quantitative estimate of drug-likeness (QED) is 0.0169. The molecule has 0 spiro atoms. The number of carbonyl (C=O) groups is 4. The van der Waals surface area contributed by atoms with Crippen LogP contribution in [0.4, 0.5) is 0 Å². The molecule has 0 saturated heterocycles. The van der Waals surface area contributed by atoms with Gasteiger partial charge in [-0.1, -0.05) is 380 Å². The minimum Gasteiger partial charge on any atom is -0.462 e. The maximum Gasteiger partial charge on any atom is 0.472 e. The number of hydrogen-bond acceptors (Lipinski definition) is 15. The van der Waals surface area contributed by atoms with Gasteiger partial charge < -0.3 is 33.8 Å². The van der Waals surface area contributed by atoms with Gasteiger partial charge in [-0.25, -0.2) is 9.13 Å². The van der Waals surface area contributed by atoms with E-state index in [1.165, 1.54) is 231 Å². The van der Waals surface area contributed by atoms with Crippen LogP contribution < -0.4 is 0 Å². The number of aliphatic hydroxyl groups is 1. The Hall–Kier alpha value is -2.46. The lowest BCUT2D eigenvalue weighted by Gasteiger charge is -2.21. The molecule has 19 heteroatoms. The van der Waals surface area contributed by atoms with Crippen molar-refractivity contribution in [3.63, 3.8) is 0 Å². The van der Waals surface area contributed by atoms with Crippen molar-refractivity contribution in [3.05, 3.63) is 24.3 Å². The number of allylic oxidation sites excluding steroid dienone is 4. The smallest absolute Gasteiger partial charge is 0.462 e. The molecule has 0 bridgehead atoms. The minimum atomic E-state index is -4.97. The van der Waals surface area contributed by atoms with Crippen molar-refractivity contribution < 1.29 is 80.2 Å². The van der Waals surface area contributed by atoms with Crippen molar-refractivity contribution in [1.82, 2.24) is 0 Å². The van der Waals surface area contributed by atoms with E-state index in [-0.39, 0.29) is 25.7 Å². The zero-order valence-electron chi connectivity index (χ0n) is 68.5. The summed E-state index contributed by atoms with van der Waals surface area (Å²) in [7, 11) is -9.94. The summed E-state index contributed by atoms with van der Waals surface area (Å²) in [6.07, 6.45) is 71.8. The summed E-state index contributed by atoms with van der Waals surface area (Å²) >= 11 is 0. The first-order valence-electron chi connectivity index (χ1n) is 43.8. The normalized spacial score (nSPS) is 14.0. The first kappa shape index (κ1) is 103. The molecule has 0 aromatic rings. The van der Waals surface area contributed by atoms with Crippen LogP contribution >= 0.6 is 15.6 Å². The molecule has 0 amide bonds. The molecule has 0 heterocycles. The summed E-state index contributed by atoms with van der Waals surface area (Å²) < 4.78 is 68.8. The number of carbonyl (C=O) groups excluding carboxylic acids is 4. The molecule has 3 N–H and O–H groups in total. The molecule has 0 aromatic heterocycles. The molecule has 0 aliphatic heterocycles. The molecule has 620 valence electrons. The van der Waals surface area contributed by atoms with Crippen molar-refractivity contribution in [2.45, 2.75) is 452 Å². The molecule has 17 nitrogen and oxygen atoms in total. The summed E-state index contributed by atoms with van der Waals surface area (Å²) in [5.41, 5.74) is 0. The third-order valence-electron chi connectivity index (χ3n) is 19.6. The summed E-state index contributed by atoms with van der Waals surface area (Å²) in [6, 6.07) is 0. The van der Waals surface area contributed by atoms with E-state index in [9.17, 15) is 43.2 Å². The van der Waals surface area contributed by atoms with Crippen LogP contribution in [0.25, 0.3) is 0 Å². The number of phosphoric ester groups is 2. The van der Waals surface area contributed by atoms with Crippen molar-refractivity contribution in [2.24, 2.45) is 11.8 Å². The van der Waals surface area contributed by atoms with E-state index in [2.05, 4.69) is 65.8 Å². The SMILES string of the molecule is CCCCCC/C=C\C=C/CCCCCCCC(=O)O[C@H](COC(=O)CCCCCCCCCCC(C)C)COP(=O)(O)OC[C@H](O)COP(=O)(O)OC[C@@H](COC(=O)CCCCCCCCCCCCCCCCC(C)C)OC(=O)CCCCCCCCCCCCCCCCCCCCCCCC. The standard InChI is InChI=1S/C86H164O17P2/c1-7-9-11-13-15-17-19-21-23-24-25-26-27-28-29-31-37-41-45-53-59-65-71-85(90)102-81(74-96-83(88)68-62-56-50-43-39-35-33-32-34-38-42-48-54-60-66-78(3)4)76-100-104(92,93)98-72-80(87)73-99-105(94,95)101-77-82(75-97-84(89)69-63-57-51-47-46-49-55-61-67-79(5)6)103-86(91)70-64-58-52-44-40-36-30-22-20-18-16-14-12-10-8-2/h18,20,22,30,78-82,87H,7-17,19,21,23-29,31-77H2,1-6H3,(H,92,93)(H,94,95)/b20-18-,30-22-/t80-,81-,82-/m1/s1. The van der Waals surface area contributed by atoms with Crippen molar-refractivity contribution in [3.8, 4) is 0 Å². The summed E-state index contributed by atoms with van der Waals surface area (Å²) in [5.74, 6) is -0.614. The molecule has 0 radical (unpaired) electrons. The highest BCUT2D eigenvalue weighted by atomic mass is 31.2. The van der Waals surface area contributed by atoms with Crippen molar-refractivity contribution in [1.29, 1.82) is 0 Å². The maximum atomic E-state index is 13.1. The Balaban J connectivity index is 5.26. The Morgan fingerprint density at radius 1 is 0.295 bits per heavy atom. The van der Waals surface area contributed by atoms with Gasteiger partial charge in [-0.3, -0.25) is 37.3 Å². The van der Waals surface area contributed by atoms with Crippen molar-refractivity contribution in [2.75, 3.05) is 39.6 Å². The Labute approximate surface area is 643 Å². The van der Waals surface area contributed by atoms with E-state index in [0.717, 1.165) is 121 Å². The lowest BCUT2D eigenvalue weighted by atomic mass is 10.0. The monoisotopic (exact) mass is 1530 g/mol. The lowest BCUT2D eigenvalue weighted by Crippen LogP contribution is -2.30. The highest BCUT2D eigenvalue weighted by Crippen LogP contribution is 2.45. The fraction of sp³-hybridized carbons (Fsp3) is 0.907. The van der Waals surface area contributed by atoms with E-state index in [4.69, 9.17) is 37.0 Å². The number of rotatable bonds is 83. The number of aliphatic hydroxyl groups excluding tert-OH is 1. The van der Waals surface area contributed by atoms with Crippen LogP contribution in [0.15, 0.2) is 24.3 Å². The van der Waals surface area contributed by atoms with Gasteiger partial charge in [0.15, 0.2) is 12.2 Å². The first-order chi connectivity index (χ1) is 50.9. The zero-order chi connectivity index (χ0) is 77.1. The highest BCUT2D eigenvalue weighted by molar-refractivity contribution is 7.47. The summed E-state index contributed by atoms with van der Waals surface area (Å²) in [5, 5.41) is 10.7.